The first-order chi connectivity index (χ1) is 10.1. The van der Waals surface area contributed by atoms with Gasteiger partial charge in [0.1, 0.15) is 11.4 Å². The monoisotopic (exact) mass is 284 g/mol. The lowest BCUT2D eigenvalue weighted by Gasteiger charge is -2.27. The van der Waals surface area contributed by atoms with Crippen LogP contribution in [0.5, 0.6) is 5.75 Å². The van der Waals surface area contributed by atoms with Crippen LogP contribution in [0.15, 0.2) is 48.5 Å². The molecule has 112 valence electrons. The average Bonchev–Trinajstić information content (AvgIpc) is 2.53. The molecule has 0 aromatic heterocycles. The maximum absolute atomic E-state index is 11.0. The third kappa shape index (κ3) is 3.45. The summed E-state index contributed by atoms with van der Waals surface area (Å²) in [6.07, 6.45) is 1.94. The molecule has 2 aromatic carbocycles. The molecule has 21 heavy (non-hydrogen) atoms. The number of hydrogen-bond acceptors (Lipinski definition) is 2. The van der Waals surface area contributed by atoms with E-state index in [1.165, 1.54) is 5.56 Å². The highest BCUT2D eigenvalue weighted by molar-refractivity contribution is 5.44. The van der Waals surface area contributed by atoms with Gasteiger partial charge in [-0.05, 0) is 37.0 Å². The second-order valence-corrected chi connectivity index (χ2v) is 5.47. The molecule has 1 N–H and O–H groups in total. The normalized spacial score (nSPS) is 13.7. The summed E-state index contributed by atoms with van der Waals surface area (Å²) in [6, 6.07) is 15.8. The Morgan fingerprint density at radius 1 is 1.00 bits per heavy atom. The molecule has 0 saturated carbocycles. The van der Waals surface area contributed by atoms with Crippen LogP contribution >= 0.6 is 0 Å². The second kappa shape index (κ2) is 6.77. The molecule has 1 unspecified atom stereocenters. The van der Waals surface area contributed by atoms with E-state index in [9.17, 15) is 5.11 Å². The molecular formula is C19H24O2. The maximum Gasteiger partial charge on any atom is 0.125 e. The number of aryl methyl sites for hydroxylation is 1. The Morgan fingerprint density at radius 2 is 1.67 bits per heavy atom. The fourth-order valence-corrected chi connectivity index (χ4v) is 2.43. The first kappa shape index (κ1) is 15.6. The second-order valence-electron chi connectivity index (χ2n) is 5.47. The van der Waals surface area contributed by atoms with Gasteiger partial charge in [0.25, 0.3) is 0 Å². The van der Waals surface area contributed by atoms with E-state index in [1.54, 1.807) is 0 Å². The van der Waals surface area contributed by atoms with Crippen LogP contribution < -0.4 is 4.74 Å². The van der Waals surface area contributed by atoms with Crippen LogP contribution in [0.2, 0.25) is 0 Å². The molecule has 0 saturated heterocycles. The van der Waals surface area contributed by atoms with Gasteiger partial charge >= 0.3 is 0 Å². The van der Waals surface area contributed by atoms with Crippen LogP contribution in [0.4, 0.5) is 0 Å². The average molecular weight is 284 g/mol. The van der Waals surface area contributed by atoms with Crippen LogP contribution in [0.25, 0.3) is 0 Å². The minimum absolute atomic E-state index is 0.655. The Morgan fingerprint density at radius 3 is 2.29 bits per heavy atom. The van der Waals surface area contributed by atoms with Crippen molar-refractivity contribution in [2.24, 2.45) is 0 Å². The van der Waals surface area contributed by atoms with Gasteiger partial charge in [0.2, 0.25) is 0 Å². The van der Waals surface area contributed by atoms with Gasteiger partial charge in [0, 0.05) is 5.56 Å². The van der Waals surface area contributed by atoms with E-state index in [2.05, 4.69) is 26.0 Å². The Bertz CT molecular complexity index is 570. The van der Waals surface area contributed by atoms with Gasteiger partial charge in [0.05, 0.1) is 6.61 Å². The van der Waals surface area contributed by atoms with Crippen molar-refractivity contribution in [2.45, 2.75) is 39.2 Å². The zero-order valence-corrected chi connectivity index (χ0v) is 13.1. The molecule has 0 aliphatic carbocycles. The van der Waals surface area contributed by atoms with E-state index >= 15 is 0 Å². The van der Waals surface area contributed by atoms with Crippen LogP contribution in [0.1, 0.15) is 43.9 Å². The first-order valence-corrected chi connectivity index (χ1v) is 7.63. The molecule has 0 radical (unpaired) electrons. The number of hydrogen-bond donors (Lipinski definition) is 1. The molecule has 0 spiro atoms. The lowest BCUT2D eigenvalue weighted by Crippen LogP contribution is -2.23. The molecule has 0 fully saturated rings. The number of benzene rings is 2. The molecule has 0 aliphatic heterocycles. The Kier molecular flexibility index (Phi) is 5.03. The Labute approximate surface area is 127 Å². The molecule has 2 aromatic rings. The summed E-state index contributed by atoms with van der Waals surface area (Å²) in [4.78, 5) is 0. The molecular weight excluding hydrogens is 260 g/mol. The molecule has 2 rings (SSSR count). The molecule has 2 heteroatoms. The molecule has 0 bridgehead atoms. The predicted octanol–water partition coefficient (Wildman–Crippen LogP) is 4.29. The first-order valence-electron chi connectivity index (χ1n) is 7.63. The van der Waals surface area contributed by atoms with E-state index in [-0.39, 0.29) is 0 Å². The summed E-state index contributed by atoms with van der Waals surface area (Å²) in [5, 5.41) is 11.0. The van der Waals surface area contributed by atoms with E-state index in [0.717, 1.165) is 29.7 Å². The summed E-state index contributed by atoms with van der Waals surface area (Å²) >= 11 is 0. The minimum atomic E-state index is -1.06. The van der Waals surface area contributed by atoms with Crippen molar-refractivity contribution >= 4 is 0 Å². The maximum atomic E-state index is 11.0. The lowest BCUT2D eigenvalue weighted by molar-refractivity contribution is 0.0978. The summed E-state index contributed by atoms with van der Waals surface area (Å²) in [6.45, 7) is 6.68. The number of para-hydroxylation sites is 1. The Balaban J connectivity index is 2.37. The Hall–Kier alpha value is -1.80. The summed E-state index contributed by atoms with van der Waals surface area (Å²) in [5.74, 6) is 0.754. The molecule has 0 amide bonds. The van der Waals surface area contributed by atoms with Gasteiger partial charge in [-0.25, -0.2) is 0 Å². The van der Waals surface area contributed by atoms with Crippen molar-refractivity contribution in [3.8, 4) is 5.75 Å². The topological polar surface area (TPSA) is 29.5 Å². The molecule has 0 aliphatic rings. The SMILES string of the molecule is CCCOc1ccccc1C(C)(O)c1ccc(CC)cc1. The molecule has 0 heterocycles. The number of aliphatic hydroxyl groups is 1. The van der Waals surface area contributed by atoms with Gasteiger partial charge in [-0.1, -0.05) is 56.3 Å². The summed E-state index contributed by atoms with van der Waals surface area (Å²) < 4.78 is 5.78. The number of ether oxygens (including phenoxy) is 1. The largest absolute Gasteiger partial charge is 0.493 e. The zero-order valence-electron chi connectivity index (χ0n) is 13.1. The van der Waals surface area contributed by atoms with Crippen LogP contribution in [-0.2, 0) is 12.0 Å². The van der Waals surface area contributed by atoms with Gasteiger partial charge in [-0.3, -0.25) is 0 Å². The molecule has 1 atom stereocenters. The lowest BCUT2D eigenvalue weighted by atomic mass is 9.87. The van der Waals surface area contributed by atoms with E-state index in [4.69, 9.17) is 4.74 Å². The van der Waals surface area contributed by atoms with Gasteiger partial charge in [-0.15, -0.1) is 0 Å². The van der Waals surface area contributed by atoms with Crippen molar-refractivity contribution < 1.29 is 9.84 Å². The highest BCUT2D eigenvalue weighted by atomic mass is 16.5. The van der Waals surface area contributed by atoms with Crippen molar-refractivity contribution in [2.75, 3.05) is 6.61 Å². The quantitative estimate of drug-likeness (QED) is 0.857. The fourth-order valence-electron chi connectivity index (χ4n) is 2.43. The van der Waals surface area contributed by atoms with Crippen LogP contribution in [0, 0.1) is 0 Å². The summed E-state index contributed by atoms with van der Waals surface area (Å²) in [5.41, 5.74) is 1.90. The van der Waals surface area contributed by atoms with E-state index in [0.29, 0.717) is 6.61 Å². The third-order valence-electron chi connectivity index (χ3n) is 3.80. The number of rotatable bonds is 6. The van der Waals surface area contributed by atoms with E-state index in [1.807, 2.05) is 43.3 Å². The standard InChI is InChI=1S/C19H24O2/c1-4-14-21-18-9-7-6-8-17(18)19(3,20)16-12-10-15(5-2)11-13-16/h6-13,20H,4-5,14H2,1-3H3. The van der Waals surface area contributed by atoms with Gasteiger partial charge in [-0.2, -0.15) is 0 Å². The smallest absolute Gasteiger partial charge is 0.125 e. The highest BCUT2D eigenvalue weighted by Gasteiger charge is 2.28. The van der Waals surface area contributed by atoms with Crippen molar-refractivity contribution in [3.63, 3.8) is 0 Å². The molecule has 2 nitrogen and oxygen atoms in total. The zero-order chi connectivity index (χ0) is 15.3. The van der Waals surface area contributed by atoms with Gasteiger partial charge in [0.15, 0.2) is 0 Å². The van der Waals surface area contributed by atoms with Crippen LogP contribution in [-0.4, -0.2) is 11.7 Å². The van der Waals surface area contributed by atoms with Crippen molar-refractivity contribution in [1.29, 1.82) is 0 Å². The predicted molar refractivity (Wildman–Crippen MR) is 86.7 cm³/mol. The highest BCUT2D eigenvalue weighted by Crippen LogP contribution is 2.35. The van der Waals surface area contributed by atoms with Gasteiger partial charge < -0.3 is 9.84 Å². The van der Waals surface area contributed by atoms with Crippen molar-refractivity contribution in [3.05, 3.63) is 65.2 Å². The third-order valence-corrected chi connectivity index (χ3v) is 3.80. The van der Waals surface area contributed by atoms with Crippen LogP contribution in [0.3, 0.4) is 0 Å². The van der Waals surface area contributed by atoms with E-state index < -0.39 is 5.60 Å². The fraction of sp³-hybridized carbons (Fsp3) is 0.368. The minimum Gasteiger partial charge on any atom is -0.493 e. The summed E-state index contributed by atoms with van der Waals surface area (Å²) in [7, 11) is 0. The van der Waals surface area contributed by atoms with Crippen molar-refractivity contribution in [1.82, 2.24) is 0 Å².